The van der Waals surface area contributed by atoms with Crippen LogP contribution < -0.4 is 0 Å². The van der Waals surface area contributed by atoms with Crippen molar-refractivity contribution in [3.63, 3.8) is 0 Å². The minimum absolute atomic E-state index is 0.104. The molecule has 3 aromatic rings. The second-order valence-electron chi connectivity index (χ2n) is 4.79. The van der Waals surface area contributed by atoms with Crippen molar-refractivity contribution in [1.82, 2.24) is 0 Å². The van der Waals surface area contributed by atoms with E-state index in [1.54, 1.807) is 6.07 Å². The van der Waals surface area contributed by atoms with Crippen LogP contribution in [0.25, 0.3) is 21.9 Å². The number of aromatic hydroxyl groups is 2. The quantitative estimate of drug-likeness (QED) is 0.668. The van der Waals surface area contributed by atoms with E-state index >= 15 is 0 Å². The molecule has 22 heavy (non-hydrogen) atoms. The van der Waals surface area contributed by atoms with Crippen LogP contribution in [0.4, 0.5) is 0 Å². The molecule has 3 aromatic carbocycles. The number of rotatable bonds is 1. The van der Waals surface area contributed by atoms with Gasteiger partial charge in [-0.05, 0) is 16.3 Å². The molecule has 0 unspecified atom stereocenters. The summed E-state index contributed by atoms with van der Waals surface area (Å²) >= 11 is 0. The summed E-state index contributed by atoms with van der Waals surface area (Å²) in [5.41, 5.74) is 1.04. The number of phenolic OH excluding ortho intramolecular Hbond substituents is 2. The van der Waals surface area contributed by atoms with Crippen molar-refractivity contribution in [3.05, 3.63) is 59.7 Å². The molecule has 0 heterocycles. The summed E-state index contributed by atoms with van der Waals surface area (Å²) < 4.78 is 0. The van der Waals surface area contributed by atoms with Gasteiger partial charge in [-0.25, -0.2) is 0 Å². The van der Waals surface area contributed by atoms with E-state index in [0.29, 0.717) is 11.1 Å². The largest absolute Gasteiger partial charge is 0.504 e. The second kappa shape index (κ2) is 5.12. The Morgan fingerprint density at radius 3 is 2.32 bits per heavy atom. The Kier molecular flexibility index (Phi) is 3.14. The Labute approximate surface area is 126 Å². The van der Waals surface area contributed by atoms with Gasteiger partial charge in [0.1, 0.15) is 11.6 Å². The van der Waals surface area contributed by atoms with Gasteiger partial charge in [-0.15, -0.1) is 0 Å². The van der Waals surface area contributed by atoms with Crippen molar-refractivity contribution < 1.29 is 10.2 Å². The van der Waals surface area contributed by atoms with Crippen LogP contribution in [-0.4, -0.2) is 10.2 Å². The van der Waals surface area contributed by atoms with Gasteiger partial charge >= 0.3 is 0 Å². The lowest BCUT2D eigenvalue weighted by Gasteiger charge is -2.12. The highest BCUT2D eigenvalue weighted by molar-refractivity contribution is 6.00. The third kappa shape index (κ3) is 1.91. The maximum absolute atomic E-state index is 9.95. The molecule has 3 rings (SSSR count). The van der Waals surface area contributed by atoms with Gasteiger partial charge in [0.2, 0.25) is 0 Å². The van der Waals surface area contributed by atoms with E-state index in [1.165, 1.54) is 6.07 Å². The molecule has 0 spiro atoms. The van der Waals surface area contributed by atoms with E-state index in [4.69, 9.17) is 0 Å². The lowest BCUT2D eigenvalue weighted by Crippen LogP contribution is -1.92. The van der Waals surface area contributed by atoms with Crippen LogP contribution in [0.15, 0.2) is 48.5 Å². The van der Waals surface area contributed by atoms with Gasteiger partial charge in [-0.2, -0.15) is 10.5 Å². The maximum atomic E-state index is 9.95. The highest BCUT2D eigenvalue weighted by Crippen LogP contribution is 2.41. The second-order valence-corrected chi connectivity index (χ2v) is 4.79. The van der Waals surface area contributed by atoms with Crippen LogP contribution in [0.3, 0.4) is 0 Å². The molecule has 0 atom stereocenters. The Morgan fingerprint density at radius 2 is 1.59 bits per heavy atom. The number of nitrogens with zero attached hydrogens (tertiary/aromatic N) is 2. The van der Waals surface area contributed by atoms with Crippen molar-refractivity contribution in [2.75, 3.05) is 0 Å². The van der Waals surface area contributed by atoms with Crippen LogP contribution in [-0.2, 0) is 0 Å². The molecule has 0 aromatic heterocycles. The van der Waals surface area contributed by atoms with Crippen LogP contribution in [0, 0.1) is 22.7 Å². The molecule has 2 N–H and O–H groups in total. The normalized spacial score (nSPS) is 10.1. The molecule has 0 aliphatic heterocycles. The molecule has 4 nitrogen and oxygen atoms in total. The first-order valence-corrected chi connectivity index (χ1v) is 6.54. The lowest BCUT2D eigenvalue weighted by atomic mass is 9.90. The van der Waals surface area contributed by atoms with Gasteiger partial charge < -0.3 is 10.2 Å². The molecule has 0 fully saturated rings. The van der Waals surface area contributed by atoms with Crippen molar-refractivity contribution in [2.24, 2.45) is 0 Å². The molecule has 0 aliphatic carbocycles. The highest BCUT2D eigenvalue weighted by Gasteiger charge is 2.20. The fourth-order valence-electron chi connectivity index (χ4n) is 2.58. The van der Waals surface area contributed by atoms with E-state index < -0.39 is 11.5 Å². The minimum Gasteiger partial charge on any atom is -0.504 e. The number of nitriles is 2. The predicted octanol–water partition coefficient (Wildman–Crippen LogP) is 3.66. The number of hydrogen-bond donors (Lipinski definition) is 2. The Morgan fingerprint density at radius 1 is 0.864 bits per heavy atom. The summed E-state index contributed by atoms with van der Waals surface area (Å²) in [6.07, 6.45) is 0. The maximum Gasteiger partial charge on any atom is 0.176 e. The topological polar surface area (TPSA) is 88.0 Å². The van der Waals surface area contributed by atoms with Crippen LogP contribution in [0.2, 0.25) is 0 Å². The summed E-state index contributed by atoms with van der Waals surface area (Å²) in [7, 11) is 0. The van der Waals surface area contributed by atoms with E-state index in [2.05, 4.69) is 0 Å². The predicted molar refractivity (Wildman–Crippen MR) is 82.1 cm³/mol. The smallest absolute Gasteiger partial charge is 0.176 e. The molecule has 4 heteroatoms. The molecule has 0 bridgehead atoms. The molecule has 104 valence electrons. The lowest BCUT2D eigenvalue weighted by molar-refractivity contribution is 0.402. The summed E-state index contributed by atoms with van der Waals surface area (Å²) in [6, 6.07) is 18.2. The van der Waals surface area contributed by atoms with Gasteiger partial charge in [0, 0.05) is 11.6 Å². The van der Waals surface area contributed by atoms with Gasteiger partial charge in [0.05, 0.1) is 11.6 Å². The summed E-state index contributed by atoms with van der Waals surface area (Å²) in [5.74, 6) is -0.985. The van der Waals surface area contributed by atoms with Crippen molar-refractivity contribution >= 4 is 10.8 Å². The van der Waals surface area contributed by atoms with Crippen molar-refractivity contribution in [2.45, 2.75) is 0 Å². The summed E-state index contributed by atoms with van der Waals surface area (Å²) in [5, 5.41) is 40.1. The third-order valence-corrected chi connectivity index (χ3v) is 3.57. The fourth-order valence-corrected chi connectivity index (χ4v) is 2.58. The SMILES string of the molecule is N#Cc1cc(O)c(O)c(C#N)c1-c1cccc2ccccc12. The van der Waals surface area contributed by atoms with Crippen LogP contribution in [0.5, 0.6) is 11.5 Å². The number of hydrogen-bond acceptors (Lipinski definition) is 4. The average molecular weight is 286 g/mol. The van der Waals surface area contributed by atoms with Crippen LogP contribution in [0.1, 0.15) is 11.1 Å². The molecule has 0 aliphatic rings. The number of fused-ring (bicyclic) bond motifs is 1. The van der Waals surface area contributed by atoms with Crippen molar-refractivity contribution in [1.29, 1.82) is 10.5 Å². The summed E-state index contributed by atoms with van der Waals surface area (Å²) in [4.78, 5) is 0. The molecular formula is C18H10N2O2. The Balaban J connectivity index is 2.49. The Bertz CT molecular complexity index is 974. The molecule has 0 radical (unpaired) electrons. The monoisotopic (exact) mass is 286 g/mol. The van der Waals surface area contributed by atoms with E-state index in [9.17, 15) is 20.7 Å². The number of phenols is 2. The third-order valence-electron chi connectivity index (χ3n) is 3.57. The zero-order chi connectivity index (χ0) is 15.7. The fraction of sp³-hybridized carbons (Fsp3) is 0. The van der Waals surface area contributed by atoms with Gasteiger partial charge in [0.25, 0.3) is 0 Å². The molecule has 0 saturated heterocycles. The van der Waals surface area contributed by atoms with Crippen LogP contribution >= 0.6 is 0 Å². The molecular weight excluding hydrogens is 276 g/mol. The van der Waals surface area contributed by atoms with Gasteiger partial charge in [-0.3, -0.25) is 0 Å². The van der Waals surface area contributed by atoms with E-state index in [1.807, 2.05) is 48.5 Å². The summed E-state index contributed by atoms with van der Waals surface area (Å²) in [6.45, 7) is 0. The molecule has 0 amide bonds. The Hall–Kier alpha value is -3.50. The van der Waals surface area contributed by atoms with Crippen molar-refractivity contribution in [3.8, 4) is 34.8 Å². The van der Waals surface area contributed by atoms with Gasteiger partial charge in [-0.1, -0.05) is 42.5 Å². The number of benzene rings is 3. The molecule has 0 saturated carbocycles. The average Bonchev–Trinajstić information content (AvgIpc) is 2.56. The van der Waals surface area contributed by atoms with E-state index in [0.717, 1.165) is 10.8 Å². The zero-order valence-electron chi connectivity index (χ0n) is 11.4. The highest BCUT2D eigenvalue weighted by atomic mass is 16.3. The minimum atomic E-state index is -0.510. The standard InChI is InChI=1S/C18H10N2O2/c19-9-12-8-16(21)18(22)15(10-20)17(12)14-7-3-5-11-4-1-2-6-13(11)14/h1-8,21-22H. The first-order valence-electron chi connectivity index (χ1n) is 6.54. The van der Waals surface area contributed by atoms with E-state index in [-0.39, 0.29) is 11.1 Å². The first-order chi connectivity index (χ1) is 10.7. The zero-order valence-corrected chi connectivity index (χ0v) is 11.4. The van der Waals surface area contributed by atoms with Gasteiger partial charge in [0.15, 0.2) is 11.5 Å². The first kappa shape index (κ1) is 13.5.